The number of hydrogen-bond donors (Lipinski definition) is 4. The third kappa shape index (κ3) is 3.62. The van der Waals surface area contributed by atoms with E-state index in [0.717, 1.165) is 27.9 Å². The number of hydrogen-bond acceptors (Lipinski definition) is 7. The second-order valence-electron chi connectivity index (χ2n) is 5.57. The average molecular weight is 397 g/mol. The second-order valence-corrected chi connectivity index (χ2v) is 6.68. The molecule has 13 heteroatoms. The van der Waals surface area contributed by atoms with Gasteiger partial charge in [0.2, 0.25) is 0 Å². The smallest absolute Gasteiger partial charge is 0.426 e. The van der Waals surface area contributed by atoms with Crippen LogP contribution in [0.15, 0.2) is 38.9 Å². The summed E-state index contributed by atoms with van der Waals surface area (Å²) in [7, 11) is 0. The summed E-state index contributed by atoms with van der Waals surface area (Å²) >= 11 is 1.20. The number of aromatic amines is 1. The van der Waals surface area contributed by atoms with E-state index >= 15 is 0 Å². The molecule has 0 bridgehead atoms. The SMILES string of the molecule is O=C(O)C=CC1=C(C(=O)O)N2C(=O)C(NC(=O)C[n+]3cc(=O)o[nH]3)[C@@H]2SC1. The van der Waals surface area contributed by atoms with Gasteiger partial charge in [-0.15, -0.1) is 11.8 Å². The highest BCUT2D eigenvalue weighted by Crippen LogP contribution is 2.40. The minimum absolute atomic E-state index is 0.163. The number of H-pyrrole nitrogens is 1. The Morgan fingerprint density at radius 3 is 2.74 bits per heavy atom. The highest BCUT2D eigenvalue weighted by molar-refractivity contribution is 8.00. The fourth-order valence-electron chi connectivity index (χ4n) is 2.68. The fraction of sp³-hybridized carbons (Fsp3) is 0.286. The summed E-state index contributed by atoms with van der Waals surface area (Å²) in [6, 6.07) is -0.930. The summed E-state index contributed by atoms with van der Waals surface area (Å²) < 4.78 is 5.50. The molecule has 1 fully saturated rings. The topological polar surface area (TPSA) is 174 Å². The molecule has 4 N–H and O–H groups in total. The van der Waals surface area contributed by atoms with Crippen LogP contribution in [-0.4, -0.2) is 61.3 Å². The average Bonchev–Trinajstić information content (AvgIpc) is 3.01. The van der Waals surface area contributed by atoms with Crippen molar-refractivity contribution in [1.29, 1.82) is 0 Å². The van der Waals surface area contributed by atoms with E-state index in [4.69, 9.17) is 5.11 Å². The number of amides is 2. The van der Waals surface area contributed by atoms with Crippen LogP contribution in [0.1, 0.15) is 0 Å². The van der Waals surface area contributed by atoms with Gasteiger partial charge in [0.1, 0.15) is 17.1 Å². The zero-order valence-corrected chi connectivity index (χ0v) is 14.3. The third-order valence-electron chi connectivity index (χ3n) is 3.78. The van der Waals surface area contributed by atoms with Crippen molar-refractivity contribution in [3.8, 4) is 0 Å². The summed E-state index contributed by atoms with van der Waals surface area (Å²) in [5, 5.41) is 22.1. The highest BCUT2D eigenvalue weighted by Gasteiger charge is 2.54. The highest BCUT2D eigenvalue weighted by atomic mass is 32.2. The molecule has 1 saturated heterocycles. The Hall–Kier alpha value is -3.35. The van der Waals surface area contributed by atoms with Gasteiger partial charge in [-0.2, -0.15) is 0 Å². The maximum absolute atomic E-state index is 12.4. The Balaban J connectivity index is 1.73. The second kappa shape index (κ2) is 7.11. The van der Waals surface area contributed by atoms with Gasteiger partial charge in [0.05, 0.1) is 0 Å². The Labute approximate surface area is 154 Å². The number of carboxylic acid groups (broad SMARTS) is 2. The minimum Gasteiger partial charge on any atom is -0.478 e. The molecule has 2 amide bonds. The lowest BCUT2D eigenvalue weighted by atomic mass is 10.0. The largest absolute Gasteiger partial charge is 0.478 e. The normalized spacial score (nSPS) is 21.8. The third-order valence-corrected chi connectivity index (χ3v) is 5.08. The number of nitrogens with one attached hydrogen (secondary N) is 2. The van der Waals surface area contributed by atoms with E-state index in [0.29, 0.717) is 0 Å². The lowest BCUT2D eigenvalue weighted by molar-refractivity contribution is -0.751. The van der Waals surface area contributed by atoms with Crippen LogP contribution in [0.25, 0.3) is 0 Å². The molecule has 0 spiro atoms. The van der Waals surface area contributed by atoms with Crippen LogP contribution in [0.5, 0.6) is 0 Å². The summed E-state index contributed by atoms with van der Waals surface area (Å²) in [5.74, 6) is -3.64. The molecular formula is C14H13N4O8S+. The van der Waals surface area contributed by atoms with Gasteiger partial charge < -0.3 is 15.5 Å². The number of allylic oxidation sites excluding steroid dienone is 1. The van der Waals surface area contributed by atoms with Gasteiger partial charge in [0.15, 0.2) is 0 Å². The molecule has 142 valence electrons. The van der Waals surface area contributed by atoms with Crippen LogP contribution in [0.3, 0.4) is 0 Å². The molecule has 1 aromatic heterocycles. The number of carbonyl (C=O) groups is 4. The molecule has 0 saturated carbocycles. The summed E-state index contributed by atoms with van der Waals surface area (Å²) in [5.41, 5.74) is -0.786. The van der Waals surface area contributed by atoms with Crippen molar-refractivity contribution in [2.24, 2.45) is 0 Å². The quantitative estimate of drug-likeness (QED) is 0.232. The standard InChI is InChI=1S/C14H12N4O8S/c19-7(3-17-4-9(22)26-16-17)15-10-12(23)18-11(14(24)25)6(1-2-8(20)21)5-27-13(10)18/h1-2,4,10,13H,3,5H2,(H3-,15,16,19,20,21,22,24,25)/p+1/t10?,13-/m0/s1. The molecule has 12 nitrogen and oxygen atoms in total. The Morgan fingerprint density at radius 2 is 2.15 bits per heavy atom. The van der Waals surface area contributed by atoms with Crippen LogP contribution in [0.2, 0.25) is 0 Å². The molecule has 2 aliphatic rings. The molecular weight excluding hydrogens is 384 g/mol. The van der Waals surface area contributed by atoms with Gasteiger partial charge in [0, 0.05) is 11.8 Å². The Bertz CT molecular complexity index is 945. The maximum atomic E-state index is 12.4. The van der Waals surface area contributed by atoms with Gasteiger partial charge in [0.25, 0.3) is 24.6 Å². The number of aromatic nitrogens is 2. The van der Waals surface area contributed by atoms with Crippen LogP contribution in [0.4, 0.5) is 0 Å². The van der Waals surface area contributed by atoms with Gasteiger partial charge >= 0.3 is 17.6 Å². The number of β-lactam (4-membered cyclic amide) rings is 1. The first-order valence-electron chi connectivity index (χ1n) is 7.47. The number of carboxylic acids is 2. The van der Waals surface area contributed by atoms with Crippen molar-refractivity contribution in [1.82, 2.24) is 15.5 Å². The van der Waals surface area contributed by atoms with Crippen molar-refractivity contribution >= 4 is 35.5 Å². The van der Waals surface area contributed by atoms with Crippen LogP contribution in [-0.2, 0) is 25.7 Å². The first kappa shape index (κ1) is 18.4. The molecule has 1 aromatic rings. The van der Waals surface area contributed by atoms with Crippen molar-refractivity contribution in [3.05, 3.63) is 40.0 Å². The molecule has 3 rings (SSSR count). The predicted octanol–water partition coefficient (Wildman–Crippen LogP) is -2.37. The van der Waals surface area contributed by atoms with Crippen LogP contribution >= 0.6 is 11.8 Å². The summed E-state index contributed by atoms with van der Waals surface area (Å²) in [6.45, 7) is -0.291. The lowest BCUT2D eigenvalue weighted by Gasteiger charge is -2.49. The zero-order chi connectivity index (χ0) is 19.7. The van der Waals surface area contributed by atoms with Crippen molar-refractivity contribution in [2.45, 2.75) is 18.0 Å². The van der Waals surface area contributed by atoms with E-state index in [1.165, 1.54) is 11.8 Å². The van der Waals surface area contributed by atoms with E-state index < -0.39 is 40.8 Å². The molecule has 0 radical (unpaired) electrons. The van der Waals surface area contributed by atoms with Gasteiger partial charge in [-0.25, -0.2) is 14.4 Å². The summed E-state index contributed by atoms with van der Waals surface area (Å²) in [4.78, 5) is 58.5. The molecule has 3 heterocycles. The number of thioether (sulfide) groups is 1. The summed E-state index contributed by atoms with van der Waals surface area (Å²) in [6.07, 6.45) is 2.96. The van der Waals surface area contributed by atoms with Gasteiger partial charge in [-0.05, 0) is 16.9 Å². The monoisotopic (exact) mass is 397 g/mol. The number of fused-ring (bicyclic) bond motifs is 1. The van der Waals surface area contributed by atoms with E-state index in [1.54, 1.807) is 0 Å². The van der Waals surface area contributed by atoms with E-state index in [2.05, 4.69) is 15.1 Å². The number of aliphatic carboxylic acids is 2. The van der Waals surface area contributed by atoms with Crippen LogP contribution in [0, 0.1) is 0 Å². The molecule has 0 aromatic carbocycles. The van der Waals surface area contributed by atoms with E-state index in [-0.39, 0.29) is 23.6 Å². The Kier molecular flexibility index (Phi) is 4.85. The number of rotatable bonds is 6. The Morgan fingerprint density at radius 1 is 1.41 bits per heavy atom. The number of carbonyl (C=O) groups excluding carboxylic acids is 2. The fourth-order valence-corrected chi connectivity index (χ4v) is 4.00. The minimum atomic E-state index is -1.37. The number of nitrogens with zero attached hydrogens (tertiary/aromatic N) is 2. The van der Waals surface area contributed by atoms with Crippen molar-refractivity contribution < 1.29 is 38.6 Å². The molecule has 2 atom stereocenters. The molecule has 0 aliphatic carbocycles. The van der Waals surface area contributed by atoms with Crippen molar-refractivity contribution in [2.75, 3.05) is 5.75 Å². The zero-order valence-electron chi connectivity index (χ0n) is 13.4. The predicted molar refractivity (Wildman–Crippen MR) is 86.0 cm³/mol. The first-order valence-corrected chi connectivity index (χ1v) is 8.52. The molecule has 27 heavy (non-hydrogen) atoms. The van der Waals surface area contributed by atoms with Crippen LogP contribution < -0.4 is 15.6 Å². The van der Waals surface area contributed by atoms with Crippen molar-refractivity contribution in [3.63, 3.8) is 0 Å². The molecule has 1 unspecified atom stereocenters. The van der Waals surface area contributed by atoms with Gasteiger partial charge in [-0.1, -0.05) is 4.68 Å². The first-order chi connectivity index (χ1) is 12.8. The van der Waals surface area contributed by atoms with E-state index in [9.17, 15) is 29.1 Å². The van der Waals surface area contributed by atoms with Gasteiger partial charge in [-0.3, -0.25) is 19.0 Å². The lowest BCUT2D eigenvalue weighted by Crippen LogP contribution is -2.71. The van der Waals surface area contributed by atoms with E-state index in [1.807, 2.05) is 0 Å². The molecule has 2 aliphatic heterocycles. The maximum Gasteiger partial charge on any atom is 0.426 e.